The third kappa shape index (κ3) is 5.92. The molecule has 2 aliphatic rings. The molecule has 0 saturated carbocycles. The van der Waals surface area contributed by atoms with Crippen LogP contribution in [0.25, 0.3) is 0 Å². The molecule has 1 aromatic rings. The molecular weight excluding hydrogens is 428 g/mol. The molecule has 2 heterocycles. The van der Waals surface area contributed by atoms with E-state index in [2.05, 4.69) is 6.58 Å². The lowest BCUT2D eigenvalue weighted by Gasteiger charge is -2.42. The van der Waals surface area contributed by atoms with Gasteiger partial charge in [0, 0.05) is 12.5 Å². The summed E-state index contributed by atoms with van der Waals surface area (Å²) in [6.07, 6.45) is -0.172. The van der Waals surface area contributed by atoms with Gasteiger partial charge in [-0.1, -0.05) is 55.1 Å². The fourth-order valence-electron chi connectivity index (χ4n) is 3.89. The summed E-state index contributed by atoms with van der Waals surface area (Å²) in [4.78, 5) is 19.1. The van der Waals surface area contributed by atoms with Gasteiger partial charge < -0.3 is 19.3 Å². The molecule has 3 rings (SSSR count). The van der Waals surface area contributed by atoms with Crippen LogP contribution in [-0.4, -0.2) is 63.2 Å². The smallest absolute Gasteiger partial charge is 0.416 e. The van der Waals surface area contributed by atoms with Gasteiger partial charge in [0.2, 0.25) is 0 Å². The van der Waals surface area contributed by atoms with Gasteiger partial charge in [0.15, 0.2) is 5.17 Å². The lowest BCUT2D eigenvalue weighted by molar-refractivity contribution is -0.165. The van der Waals surface area contributed by atoms with Crippen LogP contribution in [0.5, 0.6) is 0 Å². The normalized spacial score (nSPS) is 28.4. The van der Waals surface area contributed by atoms with Crippen LogP contribution in [0.1, 0.15) is 40.2 Å². The number of benzene rings is 1. The second-order valence-corrected chi connectivity index (χ2v) is 10.3. The molecule has 0 radical (unpaired) electrons. The maximum atomic E-state index is 12.8. The highest BCUT2D eigenvalue weighted by molar-refractivity contribution is 8.14. The van der Waals surface area contributed by atoms with Crippen molar-refractivity contribution in [3.05, 3.63) is 48.6 Å². The van der Waals surface area contributed by atoms with Crippen LogP contribution in [0.3, 0.4) is 0 Å². The fourth-order valence-corrected chi connectivity index (χ4v) is 5.09. The Labute approximate surface area is 194 Å². The lowest BCUT2D eigenvalue weighted by atomic mass is 9.87. The summed E-state index contributed by atoms with van der Waals surface area (Å²) in [5, 5.41) is 10.8. The first kappa shape index (κ1) is 24.8. The Kier molecular flexibility index (Phi) is 8.03. The minimum atomic E-state index is -0.659. The quantitative estimate of drug-likeness (QED) is 0.638. The summed E-state index contributed by atoms with van der Waals surface area (Å²) in [7, 11) is 0. The maximum absolute atomic E-state index is 12.8. The van der Waals surface area contributed by atoms with Crippen LogP contribution >= 0.6 is 11.8 Å². The van der Waals surface area contributed by atoms with Gasteiger partial charge in [0.1, 0.15) is 17.1 Å². The summed E-state index contributed by atoms with van der Waals surface area (Å²) in [6, 6.07) is 9.64. The fraction of sp³-hybridized carbons (Fsp3) is 0.583. The van der Waals surface area contributed by atoms with Crippen molar-refractivity contribution in [3.8, 4) is 0 Å². The van der Waals surface area contributed by atoms with Gasteiger partial charge in [-0.3, -0.25) is 9.89 Å². The summed E-state index contributed by atoms with van der Waals surface area (Å²) >= 11 is 1.36. The first-order valence-corrected chi connectivity index (χ1v) is 11.8. The molecule has 1 fully saturated rings. The van der Waals surface area contributed by atoms with Crippen LogP contribution in [0.2, 0.25) is 0 Å². The first-order chi connectivity index (χ1) is 15.1. The molecule has 0 aromatic heterocycles. The van der Waals surface area contributed by atoms with E-state index in [0.717, 1.165) is 5.56 Å². The average molecular weight is 463 g/mol. The number of hydrogen-bond acceptors (Lipinski definition) is 7. The van der Waals surface area contributed by atoms with Gasteiger partial charge in [-0.2, -0.15) is 0 Å². The molecule has 0 spiro atoms. The number of fused-ring (bicyclic) bond motifs is 1. The highest BCUT2D eigenvalue weighted by Gasteiger charge is 2.50. The number of ether oxygens (including phenoxy) is 3. The van der Waals surface area contributed by atoms with E-state index in [-0.39, 0.29) is 30.0 Å². The van der Waals surface area contributed by atoms with Crippen molar-refractivity contribution in [3.63, 3.8) is 0 Å². The number of carbonyl (C=O) groups excluding carboxylic acids is 1. The SMILES string of the molecule is C=CCN(C(=O)OC(C)(C)C)C1=N[C@@H]2C(OCc3ccccc3)[C@H](C)[C@@H](C(C)O)O[C@@H]2S1. The third-order valence-electron chi connectivity index (χ3n) is 5.34. The number of amides is 1. The Morgan fingerprint density at radius 3 is 2.66 bits per heavy atom. The van der Waals surface area contributed by atoms with E-state index in [1.807, 2.05) is 58.0 Å². The second kappa shape index (κ2) is 10.4. The van der Waals surface area contributed by atoms with Gasteiger partial charge in [0.05, 0.1) is 24.9 Å². The minimum Gasteiger partial charge on any atom is -0.443 e. The Morgan fingerprint density at radius 2 is 2.06 bits per heavy atom. The van der Waals surface area contributed by atoms with E-state index in [1.165, 1.54) is 16.7 Å². The zero-order chi connectivity index (χ0) is 23.5. The molecule has 1 N–H and O–H groups in total. The molecule has 7 nitrogen and oxygen atoms in total. The van der Waals surface area contributed by atoms with Crippen LogP contribution in [0.4, 0.5) is 4.79 Å². The molecule has 8 heteroatoms. The largest absolute Gasteiger partial charge is 0.443 e. The number of hydrogen-bond donors (Lipinski definition) is 1. The van der Waals surface area contributed by atoms with Crippen molar-refractivity contribution in [2.75, 3.05) is 6.54 Å². The number of carbonyl (C=O) groups is 1. The van der Waals surface area contributed by atoms with Crippen LogP contribution < -0.4 is 0 Å². The standard InChI is InChI=1S/C24H34N2O5S/c1-7-13-26(23(28)31-24(4,5)6)22-25-18-20(29-14-17-11-9-8-10-12-17)15(2)19(16(3)27)30-21(18)32-22/h7-12,15-16,18-21,27H,1,13-14H2,2-6H3/t15-,16?,18-,19+,20?,21-/m1/s1. The van der Waals surface area contributed by atoms with Crippen molar-refractivity contribution in [2.45, 2.75) is 76.6 Å². The molecule has 0 bridgehead atoms. The van der Waals surface area contributed by atoms with E-state index >= 15 is 0 Å². The molecule has 1 saturated heterocycles. The maximum Gasteiger partial charge on any atom is 0.416 e. The number of aliphatic hydroxyl groups is 1. The Morgan fingerprint density at radius 1 is 1.38 bits per heavy atom. The average Bonchev–Trinajstić information content (AvgIpc) is 3.13. The zero-order valence-electron chi connectivity index (χ0n) is 19.4. The summed E-state index contributed by atoms with van der Waals surface area (Å²) in [6.45, 7) is 13.7. The predicted octanol–water partition coefficient (Wildman–Crippen LogP) is 4.21. The number of amidine groups is 1. The van der Waals surface area contributed by atoms with Crippen molar-refractivity contribution < 1.29 is 24.1 Å². The molecule has 176 valence electrons. The highest BCUT2D eigenvalue weighted by Crippen LogP contribution is 2.42. The number of thioether (sulfide) groups is 1. The Balaban J connectivity index is 1.84. The molecule has 2 unspecified atom stereocenters. The first-order valence-electron chi connectivity index (χ1n) is 11.0. The lowest BCUT2D eigenvalue weighted by Crippen LogP contribution is -2.54. The monoisotopic (exact) mass is 462 g/mol. The van der Waals surface area contributed by atoms with Crippen LogP contribution in [0, 0.1) is 5.92 Å². The van der Waals surface area contributed by atoms with Crippen molar-refractivity contribution in [1.29, 1.82) is 0 Å². The van der Waals surface area contributed by atoms with Crippen LogP contribution in [0.15, 0.2) is 48.0 Å². The predicted molar refractivity (Wildman–Crippen MR) is 126 cm³/mol. The molecule has 32 heavy (non-hydrogen) atoms. The Hall–Kier alpha value is -1.87. The van der Waals surface area contributed by atoms with E-state index in [0.29, 0.717) is 11.8 Å². The molecule has 0 aliphatic carbocycles. The van der Waals surface area contributed by atoms with E-state index in [1.54, 1.807) is 13.0 Å². The summed E-state index contributed by atoms with van der Waals surface area (Å²) < 4.78 is 18.1. The zero-order valence-corrected chi connectivity index (χ0v) is 20.2. The molecular formula is C24H34N2O5S. The van der Waals surface area contributed by atoms with Gasteiger partial charge in [-0.05, 0) is 33.3 Å². The molecule has 1 aromatic carbocycles. The van der Waals surface area contributed by atoms with Crippen molar-refractivity contribution >= 4 is 23.0 Å². The summed E-state index contributed by atoms with van der Waals surface area (Å²) in [5.74, 6) is -0.0851. The number of nitrogens with zero attached hydrogens (tertiary/aromatic N) is 2. The second-order valence-electron chi connectivity index (χ2n) is 9.23. The minimum absolute atomic E-state index is 0.0851. The Bertz CT molecular complexity index is 823. The third-order valence-corrected chi connectivity index (χ3v) is 6.50. The number of aliphatic imine (C=N–C) groups is 1. The number of rotatable bonds is 6. The van der Waals surface area contributed by atoms with Crippen molar-refractivity contribution in [1.82, 2.24) is 4.90 Å². The van der Waals surface area contributed by atoms with Gasteiger partial charge in [-0.15, -0.1) is 6.58 Å². The van der Waals surface area contributed by atoms with Gasteiger partial charge in [-0.25, -0.2) is 4.79 Å². The van der Waals surface area contributed by atoms with Gasteiger partial charge in [0.25, 0.3) is 0 Å². The molecule has 6 atom stereocenters. The topological polar surface area (TPSA) is 80.6 Å². The molecule has 2 aliphatic heterocycles. The summed E-state index contributed by atoms with van der Waals surface area (Å²) in [5.41, 5.74) is 0.0705. The van der Waals surface area contributed by atoms with Gasteiger partial charge >= 0.3 is 6.09 Å². The van der Waals surface area contributed by atoms with E-state index in [9.17, 15) is 9.90 Å². The van der Waals surface area contributed by atoms with Crippen molar-refractivity contribution in [2.24, 2.45) is 10.9 Å². The molecule has 1 amide bonds. The number of aliphatic hydroxyl groups excluding tert-OH is 1. The highest BCUT2D eigenvalue weighted by atomic mass is 32.2. The van der Waals surface area contributed by atoms with E-state index in [4.69, 9.17) is 19.2 Å². The van der Waals surface area contributed by atoms with Crippen LogP contribution in [-0.2, 0) is 20.8 Å². The van der Waals surface area contributed by atoms with E-state index < -0.39 is 23.9 Å².